The lowest BCUT2D eigenvalue weighted by Crippen LogP contribution is -2.12. The monoisotopic (exact) mass is 208 g/mol. The van der Waals surface area contributed by atoms with Gasteiger partial charge in [-0.05, 0) is 31.5 Å². The van der Waals surface area contributed by atoms with E-state index in [-0.39, 0.29) is 0 Å². The number of hydrogen-bond acceptors (Lipinski definition) is 3. The first kappa shape index (κ1) is 12.0. The van der Waals surface area contributed by atoms with E-state index in [1.807, 2.05) is 13.0 Å². The third-order valence-electron chi connectivity index (χ3n) is 2.02. The van der Waals surface area contributed by atoms with E-state index in [2.05, 4.69) is 30.2 Å². The van der Waals surface area contributed by atoms with Gasteiger partial charge in [0.05, 0.1) is 6.61 Å². The molecule has 0 radical (unpaired) electrons. The molecule has 3 nitrogen and oxygen atoms in total. The van der Waals surface area contributed by atoms with Crippen molar-refractivity contribution in [3.05, 3.63) is 23.4 Å². The van der Waals surface area contributed by atoms with Gasteiger partial charge in [0, 0.05) is 18.3 Å². The molecule has 0 saturated heterocycles. The second kappa shape index (κ2) is 6.40. The van der Waals surface area contributed by atoms with Crippen LogP contribution in [0.15, 0.2) is 12.1 Å². The minimum Gasteiger partial charge on any atom is -0.478 e. The van der Waals surface area contributed by atoms with Crippen molar-refractivity contribution in [3.63, 3.8) is 0 Å². The van der Waals surface area contributed by atoms with Gasteiger partial charge in [0.15, 0.2) is 0 Å². The van der Waals surface area contributed by atoms with Crippen molar-refractivity contribution >= 4 is 0 Å². The molecule has 0 aromatic carbocycles. The van der Waals surface area contributed by atoms with Gasteiger partial charge >= 0.3 is 0 Å². The Bertz CT molecular complexity index is 273. The molecule has 84 valence electrons. The molecule has 1 aromatic rings. The highest BCUT2D eigenvalue weighted by Gasteiger charge is 2.00. The van der Waals surface area contributed by atoms with Gasteiger partial charge in [0.25, 0.3) is 0 Å². The van der Waals surface area contributed by atoms with Crippen LogP contribution in [0.25, 0.3) is 0 Å². The van der Waals surface area contributed by atoms with Crippen LogP contribution in [0.5, 0.6) is 5.88 Å². The molecule has 1 N–H and O–H groups in total. The van der Waals surface area contributed by atoms with Crippen LogP contribution in [0.1, 0.15) is 31.5 Å². The predicted octanol–water partition coefficient (Wildman–Crippen LogP) is 2.29. The lowest BCUT2D eigenvalue weighted by atomic mass is 10.2. The molecule has 0 aliphatic heterocycles. The summed E-state index contributed by atoms with van der Waals surface area (Å²) >= 11 is 0. The van der Waals surface area contributed by atoms with Gasteiger partial charge in [-0.1, -0.05) is 13.8 Å². The van der Waals surface area contributed by atoms with Crippen molar-refractivity contribution < 1.29 is 4.74 Å². The number of nitrogens with one attached hydrogen (secondary N) is 1. The van der Waals surface area contributed by atoms with Crippen molar-refractivity contribution in [1.29, 1.82) is 0 Å². The van der Waals surface area contributed by atoms with Gasteiger partial charge < -0.3 is 10.1 Å². The van der Waals surface area contributed by atoms with Gasteiger partial charge in [0.1, 0.15) is 0 Å². The zero-order valence-corrected chi connectivity index (χ0v) is 9.84. The molecule has 0 spiro atoms. The molecule has 0 fully saturated rings. The summed E-state index contributed by atoms with van der Waals surface area (Å²) in [6.45, 7) is 8.78. The first-order valence-electron chi connectivity index (χ1n) is 5.57. The number of hydrogen-bond donors (Lipinski definition) is 1. The van der Waals surface area contributed by atoms with Gasteiger partial charge in [-0.15, -0.1) is 0 Å². The summed E-state index contributed by atoms with van der Waals surface area (Å²) < 4.78 is 5.52. The van der Waals surface area contributed by atoms with Crippen molar-refractivity contribution in [2.75, 3.05) is 13.2 Å². The van der Waals surface area contributed by atoms with E-state index >= 15 is 0 Å². The summed E-state index contributed by atoms with van der Waals surface area (Å²) in [7, 11) is 0. The molecule has 0 atom stereocenters. The van der Waals surface area contributed by atoms with Crippen LogP contribution >= 0.6 is 0 Å². The second-order valence-corrected chi connectivity index (χ2v) is 3.58. The van der Waals surface area contributed by atoms with Crippen molar-refractivity contribution in [2.24, 2.45) is 0 Å². The Morgan fingerprint density at radius 3 is 2.80 bits per heavy atom. The number of ether oxygens (including phenoxy) is 1. The summed E-state index contributed by atoms with van der Waals surface area (Å²) in [5.41, 5.74) is 2.24. The lowest BCUT2D eigenvalue weighted by molar-refractivity contribution is 0.304. The summed E-state index contributed by atoms with van der Waals surface area (Å²) in [6.07, 6.45) is 1.01. The number of pyridine rings is 1. The Kier molecular flexibility index (Phi) is 5.12. The normalized spacial score (nSPS) is 10.3. The third kappa shape index (κ3) is 4.30. The Morgan fingerprint density at radius 2 is 2.13 bits per heavy atom. The Morgan fingerprint density at radius 1 is 1.33 bits per heavy atom. The zero-order valence-electron chi connectivity index (χ0n) is 9.84. The van der Waals surface area contributed by atoms with E-state index in [0.29, 0.717) is 0 Å². The summed E-state index contributed by atoms with van der Waals surface area (Å²) in [5, 5.41) is 3.29. The smallest absolute Gasteiger partial charge is 0.213 e. The van der Waals surface area contributed by atoms with E-state index < -0.39 is 0 Å². The van der Waals surface area contributed by atoms with Gasteiger partial charge in [-0.25, -0.2) is 4.98 Å². The largest absolute Gasteiger partial charge is 0.478 e. The maximum Gasteiger partial charge on any atom is 0.213 e. The molecule has 1 aromatic heterocycles. The van der Waals surface area contributed by atoms with Crippen LogP contribution in [0, 0.1) is 6.92 Å². The molecule has 0 aliphatic rings. The zero-order chi connectivity index (χ0) is 11.1. The van der Waals surface area contributed by atoms with Crippen LogP contribution in [-0.4, -0.2) is 18.1 Å². The lowest BCUT2D eigenvalue weighted by Gasteiger charge is -2.08. The molecular formula is C12H20N2O. The van der Waals surface area contributed by atoms with Gasteiger partial charge in [0.2, 0.25) is 5.88 Å². The topological polar surface area (TPSA) is 34.1 Å². The Hall–Kier alpha value is -1.09. The number of rotatable bonds is 6. The van der Waals surface area contributed by atoms with Crippen LogP contribution in [-0.2, 0) is 6.54 Å². The van der Waals surface area contributed by atoms with E-state index in [0.717, 1.165) is 37.7 Å². The minimum atomic E-state index is 0.733. The minimum absolute atomic E-state index is 0.733. The molecule has 0 saturated carbocycles. The molecule has 0 amide bonds. The summed E-state index contributed by atoms with van der Waals surface area (Å²) in [4.78, 5) is 4.33. The Labute approximate surface area is 91.9 Å². The molecule has 15 heavy (non-hydrogen) atoms. The second-order valence-electron chi connectivity index (χ2n) is 3.58. The summed E-state index contributed by atoms with van der Waals surface area (Å²) in [6, 6.07) is 4.09. The maximum atomic E-state index is 5.52. The van der Waals surface area contributed by atoms with Crippen molar-refractivity contribution in [1.82, 2.24) is 10.3 Å². The number of aryl methyl sites for hydroxylation is 1. The van der Waals surface area contributed by atoms with Crippen molar-refractivity contribution in [2.45, 2.75) is 33.7 Å². The van der Waals surface area contributed by atoms with Crippen LogP contribution < -0.4 is 10.1 Å². The van der Waals surface area contributed by atoms with Crippen LogP contribution in [0.3, 0.4) is 0 Å². The van der Waals surface area contributed by atoms with Gasteiger partial charge in [-0.2, -0.15) is 0 Å². The van der Waals surface area contributed by atoms with E-state index in [1.54, 1.807) is 0 Å². The highest BCUT2D eigenvalue weighted by atomic mass is 16.5. The fourth-order valence-electron chi connectivity index (χ4n) is 1.36. The third-order valence-corrected chi connectivity index (χ3v) is 2.02. The average Bonchev–Trinajstić information content (AvgIpc) is 2.23. The quantitative estimate of drug-likeness (QED) is 0.779. The molecule has 0 bridgehead atoms. The van der Waals surface area contributed by atoms with Gasteiger partial charge in [-0.3, -0.25) is 0 Å². The molecule has 0 unspecified atom stereocenters. The molecule has 3 heteroatoms. The van der Waals surface area contributed by atoms with Crippen LogP contribution in [0.2, 0.25) is 0 Å². The van der Waals surface area contributed by atoms with E-state index in [4.69, 9.17) is 4.74 Å². The highest BCUT2D eigenvalue weighted by Crippen LogP contribution is 2.12. The fourth-order valence-corrected chi connectivity index (χ4v) is 1.36. The highest BCUT2D eigenvalue weighted by molar-refractivity contribution is 5.24. The maximum absolute atomic E-state index is 5.52. The van der Waals surface area contributed by atoms with Crippen LogP contribution in [0.4, 0.5) is 0 Å². The summed E-state index contributed by atoms with van der Waals surface area (Å²) in [5.74, 6) is 0.741. The average molecular weight is 208 g/mol. The first-order chi connectivity index (χ1) is 7.26. The molecule has 1 heterocycles. The molecular weight excluding hydrogens is 188 g/mol. The van der Waals surface area contributed by atoms with Crippen molar-refractivity contribution in [3.8, 4) is 5.88 Å². The van der Waals surface area contributed by atoms with E-state index in [9.17, 15) is 0 Å². The standard InChI is InChI=1S/C12H20N2O/c1-4-6-15-12-8-11(9-13-5-2)7-10(3)14-12/h7-8,13H,4-6,9H2,1-3H3. The SMILES string of the molecule is CCCOc1cc(CNCC)cc(C)n1. The Balaban J connectivity index is 2.66. The predicted molar refractivity (Wildman–Crippen MR) is 62.1 cm³/mol. The first-order valence-corrected chi connectivity index (χ1v) is 5.57. The number of nitrogens with zero attached hydrogens (tertiary/aromatic N) is 1. The molecule has 1 rings (SSSR count). The number of aromatic nitrogens is 1. The molecule has 0 aliphatic carbocycles. The fraction of sp³-hybridized carbons (Fsp3) is 0.583. The van der Waals surface area contributed by atoms with E-state index in [1.165, 1.54) is 5.56 Å².